The molecule has 0 saturated carbocycles. The van der Waals surface area contributed by atoms with E-state index in [0.29, 0.717) is 16.3 Å². The molecule has 0 N–H and O–H groups in total. The molecule has 6 heteroatoms. The average Bonchev–Trinajstić information content (AvgIpc) is 2.78. The Hall–Kier alpha value is -2.89. The summed E-state index contributed by atoms with van der Waals surface area (Å²) in [6, 6.07) is 20.6. The van der Waals surface area contributed by atoms with Crippen molar-refractivity contribution in [3.63, 3.8) is 0 Å². The second kappa shape index (κ2) is 10.6. The maximum atomic E-state index is 13.5. The van der Waals surface area contributed by atoms with Gasteiger partial charge in [0, 0.05) is 11.1 Å². The van der Waals surface area contributed by atoms with Gasteiger partial charge in [0.15, 0.2) is 0 Å². The normalized spacial score (nSPS) is 11.6. The Morgan fingerprint density at radius 1 is 0.969 bits per heavy atom. The van der Waals surface area contributed by atoms with E-state index in [9.17, 15) is 13.2 Å². The predicted molar refractivity (Wildman–Crippen MR) is 131 cm³/mol. The van der Waals surface area contributed by atoms with Gasteiger partial charge in [-0.2, -0.15) is 4.31 Å². The van der Waals surface area contributed by atoms with Gasteiger partial charge in [-0.15, -0.1) is 0 Å². The molecule has 3 aromatic carbocycles. The van der Waals surface area contributed by atoms with E-state index < -0.39 is 15.9 Å². The summed E-state index contributed by atoms with van der Waals surface area (Å²) in [6.07, 6.45) is 5.78. The molecule has 0 bridgehead atoms. The van der Waals surface area contributed by atoms with E-state index in [-0.39, 0.29) is 4.90 Å². The number of sulfonamides is 1. The number of carbonyl (C=O) groups excluding carboxylic acids is 1. The number of rotatable bonds is 8. The summed E-state index contributed by atoms with van der Waals surface area (Å²) in [5, 5.41) is 0.477. The maximum absolute atomic E-state index is 13.5. The van der Waals surface area contributed by atoms with Crippen LogP contribution in [0.3, 0.4) is 0 Å². The lowest BCUT2D eigenvalue weighted by Crippen LogP contribution is -2.35. The molecular formula is C26H26ClNO3S. The number of amides is 1. The van der Waals surface area contributed by atoms with E-state index in [1.807, 2.05) is 19.1 Å². The maximum Gasteiger partial charge on any atom is 0.271 e. The van der Waals surface area contributed by atoms with Crippen molar-refractivity contribution in [3.8, 4) is 0 Å². The van der Waals surface area contributed by atoms with Crippen molar-refractivity contribution >= 4 is 39.3 Å². The third-order valence-corrected chi connectivity index (χ3v) is 7.14. The SMILES string of the molecule is CCCCc1ccc(N(C(=O)/C=C/c2ccccc2Cl)S(=O)(=O)c2ccc(C)cc2)cc1. The lowest BCUT2D eigenvalue weighted by Gasteiger charge is -2.22. The van der Waals surface area contributed by atoms with Crippen LogP contribution >= 0.6 is 11.6 Å². The Balaban J connectivity index is 2.01. The van der Waals surface area contributed by atoms with Crippen LogP contribution in [0.15, 0.2) is 83.8 Å². The first-order valence-corrected chi connectivity index (χ1v) is 12.3. The minimum Gasteiger partial charge on any atom is -0.268 e. The summed E-state index contributed by atoms with van der Waals surface area (Å²) in [6.45, 7) is 3.99. The van der Waals surface area contributed by atoms with Gasteiger partial charge in [0.2, 0.25) is 0 Å². The monoisotopic (exact) mass is 467 g/mol. The Kier molecular flexibility index (Phi) is 7.89. The van der Waals surface area contributed by atoms with Gasteiger partial charge in [0.1, 0.15) is 0 Å². The number of benzene rings is 3. The zero-order chi connectivity index (χ0) is 23.1. The first kappa shape index (κ1) is 23.8. The number of halogens is 1. The standard InChI is InChI=1S/C26H26ClNO3S/c1-3-4-7-21-12-15-23(16-13-21)28(32(30,31)24-17-10-20(2)11-18-24)26(29)19-14-22-8-5-6-9-25(22)27/h5-6,8-19H,3-4,7H2,1-2H3/b19-14+. The highest BCUT2D eigenvalue weighted by molar-refractivity contribution is 7.93. The number of carbonyl (C=O) groups is 1. The van der Waals surface area contributed by atoms with Crippen LogP contribution in [0.1, 0.15) is 36.5 Å². The lowest BCUT2D eigenvalue weighted by atomic mass is 10.1. The molecule has 0 aliphatic heterocycles. The van der Waals surface area contributed by atoms with E-state index >= 15 is 0 Å². The lowest BCUT2D eigenvalue weighted by molar-refractivity contribution is -0.113. The van der Waals surface area contributed by atoms with E-state index in [4.69, 9.17) is 11.6 Å². The van der Waals surface area contributed by atoms with Crippen molar-refractivity contribution < 1.29 is 13.2 Å². The van der Waals surface area contributed by atoms with Crippen molar-refractivity contribution in [2.75, 3.05) is 4.31 Å². The molecule has 0 heterocycles. The van der Waals surface area contributed by atoms with Gasteiger partial charge in [-0.1, -0.05) is 73.0 Å². The van der Waals surface area contributed by atoms with Crippen molar-refractivity contribution in [2.45, 2.75) is 38.0 Å². The molecule has 0 unspecified atom stereocenters. The van der Waals surface area contributed by atoms with Gasteiger partial charge < -0.3 is 0 Å². The summed E-state index contributed by atoms with van der Waals surface area (Å²) in [7, 11) is -4.11. The number of nitrogens with zero attached hydrogens (tertiary/aromatic N) is 1. The molecule has 4 nitrogen and oxygen atoms in total. The minimum atomic E-state index is -4.11. The molecular weight excluding hydrogens is 442 g/mol. The molecule has 0 saturated heterocycles. The number of anilines is 1. The van der Waals surface area contributed by atoms with Crippen molar-refractivity contribution in [3.05, 3.63) is 101 Å². The Labute approximate surface area is 195 Å². The highest BCUT2D eigenvalue weighted by atomic mass is 35.5. The predicted octanol–water partition coefficient (Wildman–Crippen LogP) is 6.43. The van der Waals surface area contributed by atoms with Gasteiger partial charge in [-0.05, 0) is 67.3 Å². The smallest absolute Gasteiger partial charge is 0.268 e. The highest BCUT2D eigenvalue weighted by Crippen LogP contribution is 2.26. The number of hydrogen-bond donors (Lipinski definition) is 0. The second-order valence-electron chi connectivity index (χ2n) is 7.55. The van der Waals surface area contributed by atoms with Crippen molar-refractivity contribution in [2.24, 2.45) is 0 Å². The van der Waals surface area contributed by atoms with E-state index in [1.165, 1.54) is 24.3 Å². The van der Waals surface area contributed by atoms with Crippen LogP contribution in [0.2, 0.25) is 5.02 Å². The molecule has 3 rings (SSSR count). The fourth-order valence-electron chi connectivity index (χ4n) is 3.22. The third-order valence-electron chi connectivity index (χ3n) is 5.06. The first-order chi connectivity index (χ1) is 15.3. The van der Waals surface area contributed by atoms with Crippen LogP contribution in [0.5, 0.6) is 0 Å². The molecule has 0 aliphatic carbocycles. The van der Waals surface area contributed by atoms with Crippen LogP contribution in [-0.4, -0.2) is 14.3 Å². The molecule has 0 aromatic heterocycles. The van der Waals surface area contributed by atoms with E-state index in [2.05, 4.69) is 6.92 Å². The Morgan fingerprint density at radius 2 is 1.62 bits per heavy atom. The fourth-order valence-corrected chi connectivity index (χ4v) is 4.80. The van der Waals surface area contributed by atoms with Gasteiger partial charge in [-0.25, -0.2) is 8.42 Å². The fraction of sp³-hybridized carbons (Fsp3) is 0.192. The number of unbranched alkanes of at least 4 members (excludes halogenated alkanes) is 1. The van der Waals surface area contributed by atoms with Crippen LogP contribution in [0, 0.1) is 6.92 Å². The summed E-state index contributed by atoms with van der Waals surface area (Å²) < 4.78 is 27.8. The second-order valence-corrected chi connectivity index (χ2v) is 9.74. The molecule has 0 radical (unpaired) electrons. The Morgan fingerprint density at radius 3 is 2.25 bits per heavy atom. The van der Waals surface area contributed by atoms with Crippen LogP contribution in [-0.2, 0) is 21.2 Å². The van der Waals surface area contributed by atoms with Gasteiger partial charge >= 0.3 is 0 Å². The molecule has 0 spiro atoms. The minimum absolute atomic E-state index is 0.0534. The summed E-state index contributed by atoms with van der Waals surface area (Å²) in [5.74, 6) is -0.674. The molecule has 0 aliphatic rings. The zero-order valence-electron chi connectivity index (χ0n) is 18.2. The molecule has 166 valence electrons. The molecule has 32 heavy (non-hydrogen) atoms. The third kappa shape index (κ3) is 5.67. The van der Waals surface area contributed by atoms with Crippen LogP contribution in [0.25, 0.3) is 6.08 Å². The van der Waals surface area contributed by atoms with Crippen LogP contribution in [0.4, 0.5) is 5.69 Å². The Bertz CT molecular complexity index is 1200. The van der Waals surface area contributed by atoms with Gasteiger partial charge in [-0.3, -0.25) is 4.79 Å². The van der Waals surface area contributed by atoms with Crippen molar-refractivity contribution in [1.82, 2.24) is 0 Å². The molecule has 1 amide bonds. The summed E-state index contributed by atoms with van der Waals surface area (Å²) in [5.41, 5.74) is 2.95. The molecule has 0 atom stereocenters. The van der Waals surface area contributed by atoms with E-state index in [0.717, 1.165) is 34.7 Å². The van der Waals surface area contributed by atoms with E-state index in [1.54, 1.807) is 48.5 Å². The quantitative estimate of drug-likeness (QED) is 0.359. The molecule has 0 fully saturated rings. The van der Waals surface area contributed by atoms with Gasteiger partial charge in [0.25, 0.3) is 15.9 Å². The topological polar surface area (TPSA) is 54.5 Å². The van der Waals surface area contributed by atoms with Crippen LogP contribution < -0.4 is 4.31 Å². The number of aryl methyl sites for hydroxylation is 2. The number of hydrogen-bond acceptors (Lipinski definition) is 3. The zero-order valence-corrected chi connectivity index (χ0v) is 19.7. The first-order valence-electron chi connectivity index (χ1n) is 10.5. The summed E-state index contributed by atoms with van der Waals surface area (Å²) in [4.78, 5) is 13.2. The average molecular weight is 468 g/mol. The largest absolute Gasteiger partial charge is 0.271 e. The van der Waals surface area contributed by atoms with Crippen molar-refractivity contribution in [1.29, 1.82) is 0 Å². The van der Waals surface area contributed by atoms with Gasteiger partial charge in [0.05, 0.1) is 10.6 Å². The summed E-state index contributed by atoms with van der Waals surface area (Å²) >= 11 is 6.17. The molecule has 3 aromatic rings. The highest BCUT2D eigenvalue weighted by Gasteiger charge is 2.29.